The van der Waals surface area contributed by atoms with Crippen molar-refractivity contribution in [1.29, 1.82) is 0 Å². The quantitative estimate of drug-likeness (QED) is 0.159. The van der Waals surface area contributed by atoms with Crippen molar-refractivity contribution in [3.05, 3.63) is 0 Å². The molecule has 2 saturated heterocycles. The molecule has 8 N–H and O–H groups in total. The smallest absolute Gasteiger partial charge is 0.397 e. The molecule has 16 nitrogen and oxygen atoms in total. The van der Waals surface area contributed by atoms with Crippen molar-refractivity contribution in [2.24, 2.45) is 0 Å². The van der Waals surface area contributed by atoms with Crippen molar-refractivity contribution in [3.8, 4) is 0 Å². The Bertz CT molecular complexity index is 761. The Balaban J connectivity index is 2.30. The summed E-state index contributed by atoms with van der Waals surface area (Å²) in [5, 5.41) is 61.3. The maximum absolute atomic E-state index is 11.5. The van der Waals surface area contributed by atoms with E-state index in [0.29, 0.717) is 0 Å². The molecule has 2 rings (SSSR count). The van der Waals surface area contributed by atoms with E-state index in [1.807, 2.05) is 0 Å². The molecule has 0 aromatic carbocycles. The van der Waals surface area contributed by atoms with Crippen molar-refractivity contribution in [2.75, 3.05) is 6.61 Å². The molecule has 2 aliphatic heterocycles. The second kappa shape index (κ2) is 9.96. The van der Waals surface area contributed by atoms with E-state index in [9.17, 15) is 48.6 Å². The van der Waals surface area contributed by atoms with Crippen LogP contribution in [0.4, 0.5) is 0 Å². The van der Waals surface area contributed by atoms with Gasteiger partial charge in [-0.25, -0.2) is 8.98 Å². The monoisotopic (exact) mass is 477 g/mol. The van der Waals surface area contributed by atoms with Crippen LogP contribution < -0.4 is 5.32 Å². The van der Waals surface area contributed by atoms with Gasteiger partial charge < -0.3 is 50.2 Å². The number of carboxylic acid groups (broad SMARTS) is 1. The Morgan fingerprint density at radius 1 is 1.00 bits per heavy atom. The number of carboxylic acids is 1. The largest absolute Gasteiger partial charge is 0.479 e. The number of aliphatic hydroxyl groups excluding tert-OH is 5. The number of amides is 1. The predicted molar refractivity (Wildman–Crippen MR) is 91.2 cm³/mol. The average Bonchev–Trinajstić information content (AvgIpc) is 2.65. The first kappa shape index (κ1) is 25.7. The highest BCUT2D eigenvalue weighted by Gasteiger charge is 2.52. The van der Waals surface area contributed by atoms with E-state index in [4.69, 9.17) is 18.8 Å². The van der Waals surface area contributed by atoms with Gasteiger partial charge in [0, 0.05) is 6.92 Å². The van der Waals surface area contributed by atoms with Crippen LogP contribution in [0.25, 0.3) is 0 Å². The lowest BCUT2D eigenvalue weighted by atomic mass is 9.95. The third-order valence-electron chi connectivity index (χ3n) is 4.55. The second-order valence-electron chi connectivity index (χ2n) is 6.83. The van der Waals surface area contributed by atoms with Gasteiger partial charge in [0.05, 0.1) is 6.61 Å². The van der Waals surface area contributed by atoms with Crippen LogP contribution >= 0.6 is 0 Å². The standard InChI is InChI=1S/C14H23NO15S/c1-3(16)15-5-7(18)6(17)4(2-27-31(24,25)26)28-14(5)30-10-8(19)9(20)13(23)29-11(10)12(21)22/h4-11,13-14,17-20,23H,2H2,1H3,(H,15,16)(H,21,22)(H,24,25,26)/t4?,5?,6-,7-,8?,9+,10+,11?,13?,14-/m1/s1. The van der Waals surface area contributed by atoms with Crippen molar-refractivity contribution in [2.45, 2.75) is 68.3 Å². The van der Waals surface area contributed by atoms with Gasteiger partial charge in [-0.3, -0.25) is 9.35 Å². The molecule has 0 spiro atoms. The van der Waals surface area contributed by atoms with Crippen LogP contribution in [0.5, 0.6) is 0 Å². The number of rotatable bonds is 7. The maximum atomic E-state index is 11.5. The Kier molecular flexibility index (Phi) is 8.27. The van der Waals surface area contributed by atoms with Gasteiger partial charge >= 0.3 is 16.4 Å². The summed E-state index contributed by atoms with van der Waals surface area (Å²) >= 11 is 0. The number of carbonyl (C=O) groups is 2. The topological polar surface area (TPSA) is 259 Å². The predicted octanol–water partition coefficient (Wildman–Crippen LogP) is -5.33. The number of hydrogen-bond donors (Lipinski definition) is 8. The van der Waals surface area contributed by atoms with Crippen LogP contribution in [0.3, 0.4) is 0 Å². The van der Waals surface area contributed by atoms with Crippen molar-refractivity contribution >= 4 is 22.3 Å². The highest BCUT2D eigenvalue weighted by atomic mass is 32.3. The fraction of sp³-hybridized carbons (Fsp3) is 0.857. The summed E-state index contributed by atoms with van der Waals surface area (Å²) in [6.07, 6.45) is -17.3. The molecule has 10 atom stereocenters. The SMILES string of the molecule is CC(=O)NC1[C@@H](O[C@@H]2C(C(=O)O)OC(O)[C@@H](O)C2O)OC(COS(=O)(=O)O)[C@@H](O)[C@@H]1O. The molecule has 0 radical (unpaired) electrons. The van der Waals surface area contributed by atoms with E-state index >= 15 is 0 Å². The molecule has 31 heavy (non-hydrogen) atoms. The van der Waals surface area contributed by atoms with Gasteiger partial charge in [-0.15, -0.1) is 0 Å². The molecule has 5 unspecified atom stereocenters. The van der Waals surface area contributed by atoms with Gasteiger partial charge in [0.1, 0.15) is 42.7 Å². The van der Waals surface area contributed by atoms with Crippen LogP contribution in [-0.4, -0.2) is 123 Å². The number of aliphatic carboxylic acids is 1. The summed E-state index contributed by atoms with van der Waals surface area (Å²) in [6.45, 7) is 0.0134. The molecule has 2 fully saturated rings. The number of ether oxygens (including phenoxy) is 3. The molecule has 1 amide bonds. The number of nitrogens with one attached hydrogen (secondary N) is 1. The minimum Gasteiger partial charge on any atom is -0.479 e. The molecular weight excluding hydrogens is 454 g/mol. The van der Waals surface area contributed by atoms with E-state index in [1.54, 1.807) is 0 Å². The third-order valence-corrected chi connectivity index (χ3v) is 4.98. The Hall–Kier alpha value is -1.51. The summed E-state index contributed by atoms with van der Waals surface area (Å²) in [6, 6.07) is -1.57. The lowest BCUT2D eigenvalue weighted by Gasteiger charge is -2.46. The van der Waals surface area contributed by atoms with Crippen LogP contribution in [0.1, 0.15) is 6.92 Å². The normalized spacial score (nSPS) is 41.5. The van der Waals surface area contributed by atoms with Crippen molar-refractivity contribution < 1.29 is 71.6 Å². The van der Waals surface area contributed by atoms with Gasteiger partial charge in [-0.1, -0.05) is 0 Å². The molecule has 180 valence electrons. The molecule has 0 aliphatic carbocycles. The molecule has 0 saturated carbocycles. The van der Waals surface area contributed by atoms with E-state index in [1.165, 1.54) is 0 Å². The maximum Gasteiger partial charge on any atom is 0.397 e. The van der Waals surface area contributed by atoms with Gasteiger partial charge in [-0.05, 0) is 0 Å². The van der Waals surface area contributed by atoms with Gasteiger partial charge in [0.15, 0.2) is 18.7 Å². The first-order chi connectivity index (χ1) is 14.2. The molecule has 0 bridgehead atoms. The summed E-state index contributed by atoms with van der Waals surface area (Å²) < 4.78 is 49.6. The molecule has 17 heteroatoms. The summed E-state index contributed by atoms with van der Waals surface area (Å²) in [4.78, 5) is 22.9. The third kappa shape index (κ3) is 6.26. The average molecular weight is 477 g/mol. The molecular formula is C14H23NO15S. The van der Waals surface area contributed by atoms with E-state index in [2.05, 4.69) is 9.50 Å². The summed E-state index contributed by atoms with van der Waals surface area (Å²) in [5.41, 5.74) is 0. The van der Waals surface area contributed by atoms with Crippen LogP contribution in [0.15, 0.2) is 0 Å². The Morgan fingerprint density at radius 2 is 1.61 bits per heavy atom. The molecule has 2 aliphatic rings. The summed E-state index contributed by atoms with van der Waals surface area (Å²) in [5.74, 6) is -2.46. The Morgan fingerprint density at radius 3 is 2.13 bits per heavy atom. The minimum atomic E-state index is -4.97. The number of hydrogen-bond acceptors (Lipinski definition) is 13. The first-order valence-corrected chi connectivity index (χ1v) is 10.1. The van der Waals surface area contributed by atoms with Crippen LogP contribution in [0, 0.1) is 0 Å². The van der Waals surface area contributed by atoms with Crippen molar-refractivity contribution in [3.63, 3.8) is 0 Å². The zero-order valence-corrected chi connectivity index (χ0v) is 16.6. The zero-order chi connectivity index (χ0) is 23.7. The molecule has 0 aromatic rings. The van der Waals surface area contributed by atoms with E-state index in [-0.39, 0.29) is 0 Å². The van der Waals surface area contributed by atoms with Gasteiger partial charge in [0.2, 0.25) is 5.91 Å². The highest BCUT2D eigenvalue weighted by Crippen LogP contribution is 2.29. The number of carbonyl (C=O) groups excluding carboxylic acids is 1. The van der Waals surface area contributed by atoms with Gasteiger partial charge in [0.25, 0.3) is 0 Å². The highest BCUT2D eigenvalue weighted by molar-refractivity contribution is 7.80. The van der Waals surface area contributed by atoms with Gasteiger partial charge in [-0.2, -0.15) is 8.42 Å². The van der Waals surface area contributed by atoms with E-state index < -0.39 is 90.2 Å². The lowest BCUT2D eigenvalue weighted by molar-refractivity contribution is -0.335. The second-order valence-corrected chi connectivity index (χ2v) is 7.92. The number of aliphatic hydroxyl groups is 5. The lowest BCUT2D eigenvalue weighted by Crippen LogP contribution is -2.68. The van der Waals surface area contributed by atoms with Crippen LogP contribution in [-0.2, 0) is 38.4 Å². The molecule has 2 heterocycles. The fourth-order valence-corrected chi connectivity index (χ4v) is 3.39. The fourth-order valence-electron chi connectivity index (χ4n) is 3.08. The van der Waals surface area contributed by atoms with E-state index in [0.717, 1.165) is 6.92 Å². The first-order valence-electron chi connectivity index (χ1n) is 8.71. The zero-order valence-electron chi connectivity index (χ0n) is 15.8. The summed E-state index contributed by atoms with van der Waals surface area (Å²) in [7, 11) is -4.97. The Labute approximate surface area is 174 Å². The van der Waals surface area contributed by atoms with Crippen LogP contribution in [0.2, 0.25) is 0 Å². The minimum absolute atomic E-state index is 0.744. The molecule has 0 aromatic heterocycles. The van der Waals surface area contributed by atoms with Crippen molar-refractivity contribution in [1.82, 2.24) is 5.32 Å².